The highest BCUT2D eigenvalue weighted by Gasteiger charge is 2.32. The van der Waals surface area contributed by atoms with E-state index in [0.717, 1.165) is 12.8 Å². The fourth-order valence-electron chi connectivity index (χ4n) is 2.86. The smallest absolute Gasteiger partial charge is 0.225 e. The van der Waals surface area contributed by atoms with E-state index < -0.39 is 0 Å². The number of aliphatic hydroxyl groups is 1. The zero-order valence-corrected chi connectivity index (χ0v) is 11.5. The molecule has 1 aliphatic carbocycles. The highest BCUT2D eigenvalue weighted by molar-refractivity contribution is 5.77. The maximum absolute atomic E-state index is 12.2. The fraction of sp³-hybridized carbons (Fsp3) is 0.929. The molecule has 1 rings (SSSR count). The summed E-state index contributed by atoms with van der Waals surface area (Å²) in [7, 11) is 0. The largest absolute Gasteiger partial charge is 0.396 e. The third kappa shape index (κ3) is 4.30. The van der Waals surface area contributed by atoms with E-state index in [-0.39, 0.29) is 24.5 Å². The van der Waals surface area contributed by atoms with Gasteiger partial charge in [-0.05, 0) is 33.6 Å². The Morgan fingerprint density at radius 3 is 2.12 bits per heavy atom. The van der Waals surface area contributed by atoms with Gasteiger partial charge in [-0.25, -0.2) is 0 Å². The van der Waals surface area contributed by atoms with Gasteiger partial charge < -0.3 is 10.0 Å². The number of nitrogens with zero attached hydrogens (tertiary/aromatic N) is 1. The summed E-state index contributed by atoms with van der Waals surface area (Å²) in [5, 5.41) is 8.96. The third-order valence-corrected chi connectivity index (χ3v) is 3.51. The Hall–Kier alpha value is -0.570. The molecule has 1 N–H and O–H groups in total. The quantitative estimate of drug-likeness (QED) is 0.772. The van der Waals surface area contributed by atoms with Crippen LogP contribution in [-0.4, -0.2) is 34.1 Å². The Kier molecular flexibility index (Phi) is 5.44. The van der Waals surface area contributed by atoms with Crippen molar-refractivity contribution >= 4 is 5.91 Å². The van der Waals surface area contributed by atoms with Gasteiger partial charge in [0.25, 0.3) is 0 Å². The molecule has 3 heteroatoms. The predicted molar refractivity (Wildman–Crippen MR) is 69.8 cm³/mol. The second-order valence-corrected chi connectivity index (χ2v) is 6.05. The van der Waals surface area contributed by atoms with Crippen LogP contribution in [0.15, 0.2) is 0 Å². The van der Waals surface area contributed by atoms with Crippen molar-refractivity contribution in [2.45, 2.75) is 77.3 Å². The minimum atomic E-state index is -0.138. The minimum absolute atomic E-state index is 0.0435. The first-order valence-corrected chi connectivity index (χ1v) is 6.90. The van der Waals surface area contributed by atoms with Crippen molar-refractivity contribution in [1.82, 2.24) is 4.90 Å². The monoisotopic (exact) mass is 241 g/mol. The lowest BCUT2D eigenvalue weighted by Crippen LogP contribution is -2.51. The highest BCUT2D eigenvalue weighted by Crippen LogP contribution is 2.28. The SMILES string of the molecule is CC(C)(C)N(C(=O)CCO)C1CCCCCC1. The zero-order chi connectivity index (χ0) is 12.9. The number of hydrogen-bond donors (Lipinski definition) is 1. The van der Waals surface area contributed by atoms with Gasteiger partial charge in [-0.1, -0.05) is 25.7 Å². The van der Waals surface area contributed by atoms with Gasteiger partial charge in [0.1, 0.15) is 0 Å². The van der Waals surface area contributed by atoms with Gasteiger partial charge in [0, 0.05) is 18.0 Å². The Labute approximate surface area is 105 Å². The minimum Gasteiger partial charge on any atom is -0.396 e. The number of aliphatic hydroxyl groups excluding tert-OH is 1. The van der Waals surface area contributed by atoms with Crippen molar-refractivity contribution in [1.29, 1.82) is 0 Å². The van der Waals surface area contributed by atoms with E-state index >= 15 is 0 Å². The van der Waals surface area contributed by atoms with Crippen LogP contribution in [0, 0.1) is 0 Å². The fourth-order valence-corrected chi connectivity index (χ4v) is 2.86. The number of carbonyl (C=O) groups is 1. The Morgan fingerprint density at radius 1 is 1.18 bits per heavy atom. The van der Waals surface area contributed by atoms with Crippen molar-refractivity contribution in [3.8, 4) is 0 Å². The topological polar surface area (TPSA) is 40.5 Å². The summed E-state index contributed by atoms with van der Waals surface area (Å²) >= 11 is 0. The van der Waals surface area contributed by atoms with Gasteiger partial charge in [0.15, 0.2) is 0 Å². The van der Waals surface area contributed by atoms with Gasteiger partial charge in [-0.15, -0.1) is 0 Å². The molecular formula is C14H27NO2. The summed E-state index contributed by atoms with van der Waals surface area (Å²) in [6, 6.07) is 0.372. The molecule has 0 aliphatic heterocycles. The lowest BCUT2D eigenvalue weighted by molar-refractivity contribution is -0.140. The van der Waals surface area contributed by atoms with Gasteiger partial charge >= 0.3 is 0 Å². The molecule has 0 radical (unpaired) electrons. The average Bonchev–Trinajstić information content (AvgIpc) is 2.45. The van der Waals surface area contributed by atoms with Crippen LogP contribution in [0.4, 0.5) is 0 Å². The van der Waals surface area contributed by atoms with Crippen LogP contribution in [0.1, 0.15) is 65.7 Å². The van der Waals surface area contributed by atoms with Crippen LogP contribution < -0.4 is 0 Å². The summed E-state index contributed by atoms with van der Waals surface area (Å²) in [6.07, 6.45) is 7.54. The Morgan fingerprint density at radius 2 is 1.71 bits per heavy atom. The summed E-state index contributed by atoms with van der Waals surface area (Å²) in [4.78, 5) is 14.2. The summed E-state index contributed by atoms with van der Waals surface area (Å²) in [6.45, 7) is 6.23. The first-order valence-electron chi connectivity index (χ1n) is 6.90. The van der Waals surface area contributed by atoms with Gasteiger partial charge in [-0.2, -0.15) is 0 Å². The molecule has 0 aromatic carbocycles. The van der Waals surface area contributed by atoms with Crippen molar-refractivity contribution in [3.63, 3.8) is 0 Å². The molecule has 0 bridgehead atoms. The third-order valence-electron chi connectivity index (χ3n) is 3.51. The van der Waals surface area contributed by atoms with Crippen LogP contribution >= 0.6 is 0 Å². The van der Waals surface area contributed by atoms with E-state index in [1.54, 1.807) is 0 Å². The highest BCUT2D eigenvalue weighted by atomic mass is 16.3. The van der Waals surface area contributed by atoms with Crippen LogP contribution in [0.5, 0.6) is 0 Å². The molecule has 0 atom stereocenters. The number of amides is 1. The van der Waals surface area contributed by atoms with Gasteiger partial charge in [0.05, 0.1) is 6.61 Å². The Bertz CT molecular complexity index is 237. The molecule has 0 spiro atoms. The number of carbonyl (C=O) groups excluding carboxylic acids is 1. The first-order chi connectivity index (χ1) is 7.96. The Balaban J connectivity index is 2.77. The van der Waals surface area contributed by atoms with Crippen LogP contribution in [-0.2, 0) is 4.79 Å². The maximum atomic E-state index is 12.2. The summed E-state index contributed by atoms with van der Waals surface area (Å²) in [5.74, 6) is 0.104. The molecule has 1 amide bonds. The van der Waals surface area contributed by atoms with E-state index in [9.17, 15) is 4.79 Å². The van der Waals surface area contributed by atoms with E-state index in [2.05, 4.69) is 20.8 Å². The zero-order valence-electron chi connectivity index (χ0n) is 11.5. The van der Waals surface area contributed by atoms with Crippen molar-refractivity contribution < 1.29 is 9.90 Å². The molecule has 1 aliphatic rings. The predicted octanol–water partition coefficient (Wildman–Crippen LogP) is 2.72. The molecule has 1 fully saturated rings. The molecule has 0 aromatic heterocycles. The standard InChI is InChI=1S/C14H27NO2/c1-14(2,3)15(13(17)10-11-16)12-8-6-4-5-7-9-12/h12,16H,4-11H2,1-3H3. The molecular weight excluding hydrogens is 214 g/mol. The molecule has 1 saturated carbocycles. The van der Waals surface area contributed by atoms with E-state index in [4.69, 9.17) is 5.11 Å². The van der Waals surface area contributed by atoms with Gasteiger partial charge in [0.2, 0.25) is 5.91 Å². The first kappa shape index (κ1) is 14.5. The van der Waals surface area contributed by atoms with Crippen molar-refractivity contribution in [2.24, 2.45) is 0 Å². The van der Waals surface area contributed by atoms with E-state index in [1.165, 1.54) is 25.7 Å². The number of hydrogen-bond acceptors (Lipinski definition) is 2. The van der Waals surface area contributed by atoms with Crippen LogP contribution in [0.2, 0.25) is 0 Å². The van der Waals surface area contributed by atoms with Crippen LogP contribution in [0.25, 0.3) is 0 Å². The molecule has 100 valence electrons. The van der Waals surface area contributed by atoms with E-state index in [0.29, 0.717) is 6.04 Å². The molecule has 0 saturated heterocycles. The molecule has 0 unspecified atom stereocenters. The molecule has 0 heterocycles. The van der Waals surface area contributed by atoms with Crippen LogP contribution in [0.3, 0.4) is 0 Å². The molecule has 3 nitrogen and oxygen atoms in total. The van der Waals surface area contributed by atoms with Gasteiger partial charge in [-0.3, -0.25) is 4.79 Å². The van der Waals surface area contributed by atoms with E-state index in [1.807, 2.05) is 4.90 Å². The lowest BCUT2D eigenvalue weighted by Gasteiger charge is -2.42. The second-order valence-electron chi connectivity index (χ2n) is 6.05. The summed E-state index contributed by atoms with van der Waals surface area (Å²) in [5.41, 5.74) is -0.138. The summed E-state index contributed by atoms with van der Waals surface area (Å²) < 4.78 is 0. The molecule has 17 heavy (non-hydrogen) atoms. The maximum Gasteiger partial charge on any atom is 0.225 e. The van der Waals surface area contributed by atoms with Crippen molar-refractivity contribution in [2.75, 3.05) is 6.61 Å². The normalized spacial score (nSPS) is 18.8. The molecule has 0 aromatic rings. The van der Waals surface area contributed by atoms with Crippen molar-refractivity contribution in [3.05, 3.63) is 0 Å². The average molecular weight is 241 g/mol. The lowest BCUT2D eigenvalue weighted by atomic mass is 9.97. The number of rotatable bonds is 3. The second kappa shape index (κ2) is 6.39.